The molecule has 34 heavy (non-hydrogen) atoms. The average Bonchev–Trinajstić information content (AvgIpc) is 3.06. The van der Waals surface area contributed by atoms with Gasteiger partial charge >= 0.3 is 12.1 Å². The lowest BCUT2D eigenvalue weighted by molar-refractivity contribution is -0.160. The Labute approximate surface area is 203 Å². The summed E-state index contributed by atoms with van der Waals surface area (Å²) in [6.45, 7) is 17.0. The number of nitrogens with zero attached hydrogens (tertiary/aromatic N) is 1. The maximum Gasteiger partial charge on any atom is 0.426 e. The molecule has 1 saturated heterocycles. The molecular formula is C24H44N4O6. The van der Waals surface area contributed by atoms with E-state index in [1.807, 2.05) is 11.8 Å². The van der Waals surface area contributed by atoms with Crippen molar-refractivity contribution in [3.63, 3.8) is 0 Å². The van der Waals surface area contributed by atoms with Crippen LogP contribution in [0.3, 0.4) is 0 Å². The molecule has 196 valence electrons. The van der Waals surface area contributed by atoms with Crippen molar-refractivity contribution in [2.45, 2.75) is 105 Å². The van der Waals surface area contributed by atoms with Crippen LogP contribution in [0.15, 0.2) is 0 Å². The monoisotopic (exact) mass is 484 g/mol. The van der Waals surface area contributed by atoms with E-state index in [1.54, 1.807) is 41.5 Å². The molecule has 10 heteroatoms. The number of esters is 1. The predicted octanol–water partition coefficient (Wildman–Crippen LogP) is 2.52. The van der Waals surface area contributed by atoms with Crippen LogP contribution in [0.4, 0.5) is 4.79 Å². The Kier molecular flexibility index (Phi) is 10.8. The molecule has 10 nitrogen and oxygen atoms in total. The SMILES string of the molecule is CCCC(CN1CC(C(=O)NNC(=O)OC(C)(C)C)CC1C(=O)OC(C)(C)C)C(C)NC(C)=O. The zero-order valence-corrected chi connectivity index (χ0v) is 22.2. The molecule has 0 bridgehead atoms. The van der Waals surface area contributed by atoms with E-state index in [9.17, 15) is 19.2 Å². The number of ether oxygens (including phenoxy) is 2. The number of rotatable bonds is 8. The molecule has 1 fully saturated rings. The van der Waals surface area contributed by atoms with Crippen molar-refractivity contribution in [1.29, 1.82) is 0 Å². The number of nitrogens with one attached hydrogen (secondary N) is 3. The first kappa shape index (κ1) is 29.7. The van der Waals surface area contributed by atoms with Crippen molar-refractivity contribution in [3.05, 3.63) is 0 Å². The predicted molar refractivity (Wildman–Crippen MR) is 129 cm³/mol. The first-order chi connectivity index (χ1) is 15.5. The molecule has 0 saturated carbocycles. The van der Waals surface area contributed by atoms with Crippen LogP contribution in [0.25, 0.3) is 0 Å². The van der Waals surface area contributed by atoms with Crippen LogP contribution in [-0.4, -0.2) is 65.2 Å². The summed E-state index contributed by atoms with van der Waals surface area (Å²) in [6, 6.07) is -0.682. The van der Waals surface area contributed by atoms with Crippen molar-refractivity contribution in [3.8, 4) is 0 Å². The van der Waals surface area contributed by atoms with Gasteiger partial charge in [-0.1, -0.05) is 13.3 Å². The molecule has 0 aromatic carbocycles. The van der Waals surface area contributed by atoms with Crippen molar-refractivity contribution in [2.75, 3.05) is 13.1 Å². The minimum Gasteiger partial charge on any atom is -0.459 e. The number of carbonyl (C=O) groups excluding carboxylic acids is 4. The number of hydrazine groups is 1. The highest BCUT2D eigenvalue weighted by atomic mass is 16.6. The van der Waals surface area contributed by atoms with Gasteiger partial charge in [-0.3, -0.25) is 24.7 Å². The molecule has 1 heterocycles. The van der Waals surface area contributed by atoms with E-state index in [0.29, 0.717) is 13.1 Å². The van der Waals surface area contributed by atoms with E-state index in [4.69, 9.17) is 9.47 Å². The van der Waals surface area contributed by atoms with Crippen LogP contribution in [-0.2, 0) is 23.9 Å². The topological polar surface area (TPSA) is 126 Å². The highest BCUT2D eigenvalue weighted by molar-refractivity contribution is 5.84. The summed E-state index contributed by atoms with van der Waals surface area (Å²) in [5.41, 5.74) is 3.32. The first-order valence-electron chi connectivity index (χ1n) is 12.0. The zero-order chi connectivity index (χ0) is 26.3. The van der Waals surface area contributed by atoms with Crippen molar-refractivity contribution < 1.29 is 28.7 Å². The lowest BCUT2D eigenvalue weighted by atomic mass is 9.95. The normalized spacial score (nSPS) is 20.7. The van der Waals surface area contributed by atoms with Gasteiger partial charge in [-0.2, -0.15) is 0 Å². The van der Waals surface area contributed by atoms with E-state index in [0.717, 1.165) is 12.8 Å². The van der Waals surface area contributed by atoms with Crippen molar-refractivity contribution in [2.24, 2.45) is 11.8 Å². The Morgan fingerprint density at radius 3 is 2.09 bits per heavy atom. The van der Waals surface area contributed by atoms with E-state index in [2.05, 4.69) is 23.1 Å². The standard InChI is InChI=1S/C24H44N4O6/c1-10-11-17(15(2)25-16(3)29)13-28-14-18(12-19(28)21(31)33-23(4,5)6)20(30)26-27-22(32)34-24(7,8)9/h15,17-19H,10-14H2,1-9H3,(H,25,29)(H,26,30)(H,27,32). The lowest BCUT2D eigenvalue weighted by Crippen LogP contribution is -2.47. The van der Waals surface area contributed by atoms with Gasteiger partial charge in [0, 0.05) is 26.1 Å². The van der Waals surface area contributed by atoms with Gasteiger partial charge in [0.2, 0.25) is 11.8 Å². The molecule has 4 unspecified atom stereocenters. The molecule has 0 aromatic heterocycles. The minimum absolute atomic E-state index is 0.0848. The van der Waals surface area contributed by atoms with Crippen LogP contribution in [0, 0.1) is 11.8 Å². The highest BCUT2D eigenvalue weighted by Crippen LogP contribution is 2.28. The largest absolute Gasteiger partial charge is 0.459 e. The second kappa shape index (κ2) is 12.4. The van der Waals surface area contributed by atoms with Crippen LogP contribution >= 0.6 is 0 Å². The Balaban J connectivity index is 2.96. The van der Waals surface area contributed by atoms with Gasteiger partial charge in [-0.05, 0) is 67.2 Å². The van der Waals surface area contributed by atoms with E-state index in [-0.39, 0.29) is 30.3 Å². The average molecular weight is 485 g/mol. The second-order valence-electron chi connectivity index (χ2n) is 11.1. The van der Waals surface area contributed by atoms with E-state index in [1.165, 1.54) is 6.92 Å². The van der Waals surface area contributed by atoms with Crippen LogP contribution in [0.1, 0.15) is 81.6 Å². The summed E-state index contributed by atoms with van der Waals surface area (Å²) in [7, 11) is 0. The lowest BCUT2D eigenvalue weighted by Gasteiger charge is -2.32. The molecule has 3 N–H and O–H groups in total. The molecule has 4 atom stereocenters. The number of hydrogen-bond donors (Lipinski definition) is 3. The van der Waals surface area contributed by atoms with Crippen LogP contribution in [0.5, 0.6) is 0 Å². The van der Waals surface area contributed by atoms with Gasteiger partial charge in [0.1, 0.15) is 17.2 Å². The first-order valence-corrected chi connectivity index (χ1v) is 12.0. The summed E-state index contributed by atoms with van der Waals surface area (Å²) >= 11 is 0. The third-order valence-electron chi connectivity index (χ3n) is 5.41. The van der Waals surface area contributed by atoms with Gasteiger partial charge in [-0.25, -0.2) is 10.2 Å². The van der Waals surface area contributed by atoms with Crippen molar-refractivity contribution >= 4 is 23.9 Å². The van der Waals surface area contributed by atoms with Gasteiger partial charge in [0.05, 0.1) is 5.92 Å². The van der Waals surface area contributed by atoms with Crippen LogP contribution in [0.2, 0.25) is 0 Å². The number of hydrogen-bond acceptors (Lipinski definition) is 7. The fourth-order valence-electron chi connectivity index (χ4n) is 4.04. The minimum atomic E-state index is -0.758. The Hall–Kier alpha value is -2.36. The molecule has 1 aliphatic rings. The Morgan fingerprint density at radius 1 is 1.00 bits per heavy atom. The van der Waals surface area contributed by atoms with Crippen LogP contribution < -0.4 is 16.2 Å². The fraction of sp³-hybridized carbons (Fsp3) is 0.833. The molecule has 0 aliphatic carbocycles. The summed E-state index contributed by atoms with van der Waals surface area (Å²) < 4.78 is 10.8. The molecule has 0 radical (unpaired) electrons. The maximum atomic E-state index is 13.0. The Bertz CT molecular complexity index is 728. The molecule has 1 aliphatic heterocycles. The second-order valence-corrected chi connectivity index (χ2v) is 11.1. The van der Waals surface area contributed by atoms with Crippen molar-refractivity contribution in [1.82, 2.24) is 21.1 Å². The van der Waals surface area contributed by atoms with Gasteiger partial charge in [0.15, 0.2) is 0 Å². The molecular weight excluding hydrogens is 440 g/mol. The maximum absolute atomic E-state index is 13.0. The summed E-state index contributed by atoms with van der Waals surface area (Å²) in [6.07, 6.45) is 1.29. The van der Waals surface area contributed by atoms with Gasteiger partial charge in [0.25, 0.3) is 0 Å². The number of carbonyl (C=O) groups is 4. The third-order valence-corrected chi connectivity index (χ3v) is 5.41. The molecule has 0 aromatic rings. The third kappa shape index (κ3) is 10.7. The van der Waals surface area contributed by atoms with E-state index >= 15 is 0 Å². The zero-order valence-electron chi connectivity index (χ0n) is 22.2. The molecule has 1 rings (SSSR count). The fourth-order valence-corrected chi connectivity index (χ4v) is 4.04. The van der Waals surface area contributed by atoms with E-state index < -0.39 is 35.2 Å². The number of likely N-dealkylation sites (tertiary alicyclic amines) is 1. The molecule has 0 spiro atoms. The summed E-state index contributed by atoms with van der Waals surface area (Å²) in [5, 5.41) is 2.95. The highest BCUT2D eigenvalue weighted by Gasteiger charge is 2.43. The smallest absolute Gasteiger partial charge is 0.426 e. The summed E-state index contributed by atoms with van der Waals surface area (Å²) in [4.78, 5) is 51.2. The summed E-state index contributed by atoms with van der Waals surface area (Å²) in [5.74, 6) is -1.32. The quantitative estimate of drug-likeness (QED) is 0.357. The molecule has 3 amide bonds. The van der Waals surface area contributed by atoms with Gasteiger partial charge in [-0.15, -0.1) is 0 Å². The van der Waals surface area contributed by atoms with Gasteiger partial charge < -0.3 is 14.8 Å². The number of amides is 3. The Morgan fingerprint density at radius 2 is 1.59 bits per heavy atom.